The molecule has 1 aliphatic carbocycles. The number of rotatable bonds is 3. The van der Waals surface area contributed by atoms with Crippen LogP contribution < -0.4 is 5.73 Å². The predicted molar refractivity (Wildman–Crippen MR) is 89.0 cm³/mol. The summed E-state index contributed by atoms with van der Waals surface area (Å²) in [4.78, 5) is 25.0. The Hall–Kier alpha value is -2.27. The van der Waals surface area contributed by atoms with E-state index in [0.717, 1.165) is 5.56 Å². The molecule has 0 amide bonds. The Bertz CT molecular complexity index is 766. The van der Waals surface area contributed by atoms with E-state index in [1.54, 1.807) is 25.1 Å². The summed E-state index contributed by atoms with van der Waals surface area (Å²) >= 11 is 6.10. The van der Waals surface area contributed by atoms with E-state index in [1.165, 1.54) is 0 Å². The van der Waals surface area contributed by atoms with Gasteiger partial charge in [0, 0.05) is 23.4 Å². The highest BCUT2D eigenvalue weighted by Gasteiger charge is 2.41. The highest BCUT2D eigenvalue weighted by atomic mass is 35.5. The Kier molecular flexibility index (Phi) is 4.62. The Morgan fingerprint density at radius 3 is 2.92 bits per heavy atom. The first-order valence-corrected chi connectivity index (χ1v) is 8.27. The molecule has 0 unspecified atom stereocenters. The van der Waals surface area contributed by atoms with E-state index in [4.69, 9.17) is 26.8 Å². The van der Waals surface area contributed by atoms with Gasteiger partial charge in [0.15, 0.2) is 5.78 Å². The molecule has 0 bridgehead atoms. The molecule has 2 N–H and O–H groups in total. The largest absolute Gasteiger partial charge is 0.462 e. The minimum atomic E-state index is -0.612. The maximum absolute atomic E-state index is 12.5. The number of carbonyl (C=O) groups is 2. The van der Waals surface area contributed by atoms with Gasteiger partial charge in [0.1, 0.15) is 11.3 Å². The lowest BCUT2D eigenvalue weighted by atomic mass is 9.77. The number of hydrogen-bond donors (Lipinski definition) is 1. The Morgan fingerprint density at radius 1 is 1.42 bits per heavy atom. The third kappa shape index (κ3) is 2.91. The average molecular weight is 348 g/mol. The van der Waals surface area contributed by atoms with Crippen LogP contribution in [0.4, 0.5) is 0 Å². The van der Waals surface area contributed by atoms with Crippen molar-refractivity contribution in [2.24, 2.45) is 5.73 Å². The number of hydrogen-bond acceptors (Lipinski definition) is 5. The molecular formula is C18H18ClNO4. The van der Waals surface area contributed by atoms with E-state index in [9.17, 15) is 9.59 Å². The van der Waals surface area contributed by atoms with Crippen LogP contribution in [0.2, 0.25) is 5.02 Å². The van der Waals surface area contributed by atoms with Crippen molar-refractivity contribution in [3.8, 4) is 0 Å². The van der Waals surface area contributed by atoms with Crippen molar-refractivity contribution in [2.75, 3.05) is 6.61 Å². The van der Waals surface area contributed by atoms with Crippen LogP contribution in [0.25, 0.3) is 0 Å². The molecule has 1 aromatic rings. The van der Waals surface area contributed by atoms with Crippen molar-refractivity contribution in [1.82, 2.24) is 0 Å². The number of ether oxygens (including phenoxy) is 2. The maximum Gasteiger partial charge on any atom is 0.340 e. The van der Waals surface area contributed by atoms with Crippen molar-refractivity contribution in [2.45, 2.75) is 32.1 Å². The van der Waals surface area contributed by atoms with Crippen LogP contribution in [-0.2, 0) is 19.1 Å². The van der Waals surface area contributed by atoms with Gasteiger partial charge >= 0.3 is 5.97 Å². The molecule has 5 nitrogen and oxygen atoms in total. The summed E-state index contributed by atoms with van der Waals surface area (Å²) in [6.07, 6.45) is 1.76. The number of nitrogens with two attached hydrogens (primary N) is 1. The van der Waals surface area contributed by atoms with Gasteiger partial charge in [0.2, 0.25) is 5.88 Å². The van der Waals surface area contributed by atoms with Gasteiger partial charge in [0.05, 0.1) is 12.5 Å². The fourth-order valence-electron chi connectivity index (χ4n) is 3.18. The zero-order chi connectivity index (χ0) is 17.3. The number of carbonyl (C=O) groups excluding carboxylic acids is 2. The number of esters is 1. The van der Waals surface area contributed by atoms with E-state index in [2.05, 4.69) is 0 Å². The summed E-state index contributed by atoms with van der Waals surface area (Å²) in [6.45, 7) is 1.92. The lowest BCUT2D eigenvalue weighted by Crippen LogP contribution is -2.31. The number of ketones is 1. The van der Waals surface area contributed by atoms with Crippen molar-refractivity contribution in [3.63, 3.8) is 0 Å². The van der Waals surface area contributed by atoms with E-state index < -0.39 is 11.9 Å². The number of halogens is 1. The molecule has 0 radical (unpaired) electrons. The summed E-state index contributed by atoms with van der Waals surface area (Å²) in [5.74, 6) is -0.687. The van der Waals surface area contributed by atoms with E-state index in [-0.39, 0.29) is 23.8 Å². The Balaban J connectivity index is 2.17. The quantitative estimate of drug-likeness (QED) is 0.849. The Morgan fingerprint density at radius 2 is 2.21 bits per heavy atom. The van der Waals surface area contributed by atoms with Crippen molar-refractivity contribution in [3.05, 3.63) is 57.6 Å². The second-order valence-corrected chi connectivity index (χ2v) is 6.14. The first-order chi connectivity index (χ1) is 11.5. The highest BCUT2D eigenvalue weighted by Crippen LogP contribution is 2.44. The molecule has 6 heteroatoms. The number of Topliss-reactive ketones (excluding diaryl/α,β-unsaturated/α-hetero) is 1. The topological polar surface area (TPSA) is 78.6 Å². The Labute approximate surface area is 145 Å². The zero-order valence-corrected chi connectivity index (χ0v) is 14.1. The summed E-state index contributed by atoms with van der Waals surface area (Å²) in [7, 11) is 0. The van der Waals surface area contributed by atoms with Crippen LogP contribution in [0.5, 0.6) is 0 Å². The monoisotopic (exact) mass is 347 g/mol. The number of allylic oxidation sites excluding steroid dienone is 2. The first kappa shape index (κ1) is 16.6. The molecule has 0 fully saturated rings. The van der Waals surface area contributed by atoms with Gasteiger partial charge in [0.25, 0.3) is 0 Å². The molecule has 2 aliphatic rings. The molecule has 3 rings (SSSR count). The minimum Gasteiger partial charge on any atom is -0.462 e. The fourth-order valence-corrected chi connectivity index (χ4v) is 3.38. The molecule has 0 saturated heterocycles. The molecule has 0 spiro atoms. The average Bonchev–Trinajstić information content (AvgIpc) is 2.54. The van der Waals surface area contributed by atoms with Gasteiger partial charge in [-0.2, -0.15) is 0 Å². The fraction of sp³-hybridized carbons (Fsp3) is 0.333. The molecule has 1 aromatic carbocycles. The lowest BCUT2D eigenvalue weighted by molar-refractivity contribution is -0.139. The SMILES string of the molecule is CCOC(=O)C1=C(N)OC2=C(C(=O)CCC2)[C@@H]1c1cccc(Cl)c1. The molecule has 1 atom stereocenters. The minimum absolute atomic E-state index is 0.00752. The van der Waals surface area contributed by atoms with Gasteiger partial charge in [-0.05, 0) is 31.0 Å². The zero-order valence-electron chi connectivity index (χ0n) is 13.3. The summed E-state index contributed by atoms with van der Waals surface area (Å²) in [5.41, 5.74) is 7.38. The summed E-state index contributed by atoms with van der Waals surface area (Å²) < 4.78 is 10.7. The van der Waals surface area contributed by atoms with E-state index in [1.807, 2.05) is 6.07 Å². The lowest BCUT2D eigenvalue weighted by Gasteiger charge is -2.32. The maximum atomic E-state index is 12.5. The van der Waals surface area contributed by atoms with Crippen LogP contribution >= 0.6 is 11.6 Å². The molecule has 1 aliphatic heterocycles. The smallest absolute Gasteiger partial charge is 0.340 e. The van der Waals surface area contributed by atoms with Crippen molar-refractivity contribution >= 4 is 23.4 Å². The standard InChI is InChI=1S/C18H18ClNO4/c1-2-23-18(22)16-14(10-5-3-6-11(19)9-10)15-12(21)7-4-8-13(15)24-17(16)20/h3,5-6,9,14H,2,4,7-8,20H2,1H3/t14-/m0/s1. The van der Waals surface area contributed by atoms with Gasteiger partial charge < -0.3 is 15.2 Å². The van der Waals surface area contributed by atoms with E-state index >= 15 is 0 Å². The van der Waals surface area contributed by atoms with Gasteiger partial charge in [-0.1, -0.05) is 23.7 Å². The summed E-state index contributed by atoms with van der Waals surface area (Å²) in [5, 5.41) is 0.520. The molecule has 0 saturated carbocycles. The van der Waals surface area contributed by atoms with Crippen LogP contribution in [0.1, 0.15) is 37.7 Å². The van der Waals surface area contributed by atoms with Gasteiger partial charge in [-0.25, -0.2) is 4.79 Å². The molecule has 0 aromatic heterocycles. The van der Waals surface area contributed by atoms with Crippen LogP contribution in [0.15, 0.2) is 47.1 Å². The van der Waals surface area contributed by atoms with Gasteiger partial charge in [-0.15, -0.1) is 0 Å². The van der Waals surface area contributed by atoms with Crippen LogP contribution in [0.3, 0.4) is 0 Å². The van der Waals surface area contributed by atoms with Gasteiger partial charge in [-0.3, -0.25) is 4.79 Å². The molecule has 126 valence electrons. The molecule has 1 heterocycles. The van der Waals surface area contributed by atoms with Crippen molar-refractivity contribution < 1.29 is 19.1 Å². The van der Waals surface area contributed by atoms with E-state index in [0.29, 0.717) is 35.6 Å². The third-order valence-electron chi connectivity index (χ3n) is 4.16. The molecule has 24 heavy (non-hydrogen) atoms. The number of benzene rings is 1. The highest BCUT2D eigenvalue weighted by molar-refractivity contribution is 6.30. The molecular weight excluding hydrogens is 330 g/mol. The normalized spacial score (nSPS) is 20.6. The third-order valence-corrected chi connectivity index (χ3v) is 4.40. The first-order valence-electron chi connectivity index (χ1n) is 7.89. The van der Waals surface area contributed by atoms with Crippen molar-refractivity contribution in [1.29, 1.82) is 0 Å². The van der Waals surface area contributed by atoms with Crippen LogP contribution in [0, 0.1) is 0 Å². The predicted octanol–water partition coefficient (Wildman–Crippen LogP) is 3.19. The van der Waals surface area contributed by atoms with Crippen LogP contribution in [-0.4, -0.2) is 18.4 Å². The second-order valence-electron chi connectivity index (χ2n) is 5.70. The summed E-state index contributed by atoms with van der Waals surface area (Å²) in [6, 6.07) is 7.07. The second kappa shape index (κ2) is 6.69.